The molecule has 1 aromatic carbocycles. The number of pyridine rings is 1. The zero-order valence-electron chi connectivity index (χ0n) is 8.95. The van der Waals surface area contributed by atoms with Crippen molar-refractivity contribution in [2.45, 2.75) is 6.54 Å². The van der Waals surface area contributed by atoms with E-state index in [1.54, 1.807) is 12.3 Å². The number of nitrogens with zero attached hydrogens (tertiary/aromatic N) is 1. The molecule has 3 nitrogen and oxygen atoms in total. The van der Waals surface area contributed by atoms with Gasteiger partial charge in [0.15, 0.2) is 0 Å². The molecule has 0 radical (unpaired) electrons. The number of nitrogens with one attached hydrogen (secondary N) is 1. The van der Waals surface area contributed by atoms with E-state index in [1.165, 1.54) is 0 Å². The van der Waals surface area contributed by atoms with E-state index < -0.39 is 0 Å². The molecule has 0 spiro atoms. The van der Waals surface area contributed by atoms with Crippen molar-refractivity contribution in [1.82, 2.24) is 4.98 Å². The maximum atomic E-state index is 5.80. The van der Waals surface area contributed by atoms with Gasteiger partial charge in [0, 0.05) is 17.2 Å². The predicted molar refractivity (Wildman–Crippen MR) is 75.1 cm³/mol. The number of hydrogen-bond donors (Lipinski definition) is 2. The Morgan fingerprint density at radius 2 is 2.12 bits per heavy atom. The summed E-state index contributed by atoms with van der Waals surface area (Å²) in [4.78, 5) is 4.14. The molecule has 0 aliphatic rings. The number of hydrogen-bond acceptors (Lipinski definition) is 3. The van der Waals surface area contributed by atoms with E-state index in [0.717, 1.165) is 10.0 Å². The average Bonchev–Trinajstić information content (AvgIpc) is 2.30. The number of nitrogen functional groups attached to an aromatic ring is 1. The molecule has 2 aromatic rings. The van der Waals surface area contributed by atoms with Crippen LogP contribution in [0.1, 0.15) is 5.56 Å². The molecule has 5 heteroatoms. The number of halogens is 2. The molecule has 0 saturated carbocycles. The zero-order valence-corrected chi connectivity index (χ0v) is 11.3. The van der Waals surface area contributed by atoms with Gasteiger partial charge in [0.1, 0.15) is 5.82 Å². The second-order valence-electron chi connectivity index (χ2n) is 3.54. The second-order valence-corrected chi connectivity index (χ2v) is 4.83. The van der Waals surface area contributed by atoms with Gasteiger partial charge < -0.3 is 11.1 Å². The van der Waals surface area contributed by atoms with E-state index in [9.17, 15) is 0 Å². The van der Waals surface area contributed by atoms with Crippen LogP contribution in [0.15, 0.2) is 41.0 Å². The Morgan fingerprint density at radius 1 is 1.35 bits per heavy atom. The maximum absolute atomic E-state index is 5.80. The van der Waals surface area contributed by atoms with Crippen molar-refractivity contribution in [1.29, 1.82) is 0 Å². The minimum atomic E-state index is 0.536. The molecule has 1 aromatic heterocycles. The minimum Gasteiger partial charge on any atom is -0.396 e. The van der Waals surface area contributed by atoms with E-state index in [2.05, 4.69) is 26.2 Å². The van der Waals surface area contributed by atoms with Gasteiger partial charge in [0.25, 0.3) is 0 Å². The van der Waals surface area contributed by atoms with Crippen LogP contribution in [0.3, 0.4) is 0 Å². The summed E-state index contributed by atoms with van der Waals surface area (Å²) in [5.74, 6) is 0.644. The van der Waals surface area contributed by atoms with Crippen LogP contribution in [-0.2, 0) is 6.54 Å². The first-order valence-corrected chi connectivity index (χ1v) is 6.22. The molecule has 0 bridgehead atoms. The molecule has 0 saturated heterocycles. The fraction of sp³-hybridized carbons (Fsp3) is 0.0833. The van der Waals surface area contributed by atoms with E-state index in [-0.39, 0.29) is 0 Å². The molecule has 3 N–H and O–H groups in total. The SMILES string of the molecule is Nc1cc(Cl)cnc1NCc1ccccc1Br. The molecule has 0 unspecified atom stereocenters. The minimum absolute atomic E-state index is 0.536. The average molecular weight is 313 g/mol. The summed E-state index contributed by atoms with van der Waals surface area (Å²) >= 11 is 9.27. The number of anilines is 2. The molecule has 0 amide bonds. The summed E-state index contributed by atoms with van der Waals surface area (Å²) in [6, 6.07) is 9.67. The van der Waals surface area contributed by atoms with Crippen molar-refractivity contribution in [3.63, 3.8) is 0 Å². The van der Waals surface area contributed by atoms with E-state index in [0.29, 0.717) is 23.1 Å². The van der Waals surface area contributed by atoms with E-state index in [1.807, 2.05) is 24.3 Å². The van der Waals surface area contributed by atoms with Gasteiger partial charge in [-0.1, -0.05) is 45.7 Å². The number of nitrogens with two attached hydrogens (primary N) is 1. The van der Waals surface area contributed by atoms with Crippen LogP contribution in [0.25, 0.3) is 0 Å². The monoisotopic (exact) mass is 311 g/mol. The first kappa shape index (κ1) is 12.2. The van der Waals surface area contributed by atoms with Crippen LogP contribution in [0.5, 0.6) is 0 Å². The van der Waals surface area contributed by atoms with Gasteiger partial charge in [0.05, 0.1) is 10.7 Å². The van der Waals surface area contributed by atoms with Gasteiger partial charge in [-0.2, -0.15) is 0 Å². The molecule has 0 atom stereocenters. The van der Waals surface area contributed by atoms with Crippen molar-refractivity contribution in [2.24, 2.45) is 0 Å². The highest BCUT2D eigenvalue weighted by molar-refractivity contribution is 9.10. The lowest BCUT2D eigenvalue weighted by molar-refractivity contribution is 1.10. The Kier molecular flexibility index (Phi) is 3.86. The Balaban J connectivity index is 2.10. The van der Waals surface area contributed by atoms with Crippen LogP contribution >= 0.6 is 27.5 Å². The smallest absolute Gasteiger partial charge is 0.149 e. The Labute approximate surface area is 113 Å². The second kappa shape index (κ2) is 5.38. The zero-order chi connectivity index (χ0) is 12.3. The molecule has 17 heavy (non-hydrogen) atoms. The van der Waals surface area contributed by atoms with Crippen molar-refractivity contribution >= 4 is 39.0 Å². The summed E-state index contributed by atoms with van der Waals surface area (Å²) < 4.78 is 1.06. The van der Waals surface area contributed by atoms with Crippen LogP contribution in [-0.4, -0.2) is 4.98 Å². The highest BCUT2D eigenvalue weighted by atomic mass is 79.9. The van der Waals surface area contributed by atoms with E-state index in [4.69, 9.17) is 17.3 Å². The fourth-order valence-electron chi connectivity index (χ4n) is 1.42. The molecular formula is C12H11BrClN3. The summed E-state index contributed by atoms with van der Waals surface area (Å²) in [6.07, 6.45) is 1.57. The molecule has 0 aliphatic heterocycles. The van der Waals surface area contributed by atoms with Crippen LogP contribution < -0.4 is 11.1 Å². The van der Waals surface area contributed by atoms with Crippen LogP contribution in [0, 0.1) is 0 Å². The molecule has 1 heterocycles. The standard InChI is InChI=1S/C12H11BrClN3/c13-10-4-2-1-3-8(10)6-16-12-11(15)5-9(14)7-17-12/h1-5,7H,6,15H2,(H,16,17). The van der Waals surface area contributed by atoms with Gasteiger partial charge in [-0.15, -0.1) is 0 Å². The number of rotatable bonds is 3. The Morgan fingerprint density at radius 3 is 2.82 bits per heavy atom. The Bertz CT molecular complexity index is 531. The van der Waals surface area contributed by atoms with Crippen molar-refractivity contribution in [2.75, 3.05) is 11.1 Å². The van der Waals surface area contributed by atoms with Crippen molar-refractivity contribution in [3.05, 3.63) is 51.6 Å². The van der Waals surface area contributed by atoms with Gasteiger partial charge in [-0.05, 0) is 17.7 Å². The first-order chi connectivity index (χ1) is 8.16. The highest BCUT2D eigenvalue weighted by Crippen LogP contribution is 2.21. The fourth-order valence-corrected chi connectivity index (χ4v) is 2.01. The first-order valence-electron chi connectivity index (χ1n) is 5.05. The predicted octanol–water partition coefficient (Wildman–Crippen LogP) is 3.69. The lowest BCUT2D eigenvalue weighted by atomic mass is 10.2. The molecule has 2 rings (SSSR count). The largest absolute Gasteiger partial charge is 0.396 e. The van der Waals surface area contributed by atoms with Gasteiger partial charge >= 0.3 is 0 Å². The molecule has 0 fully saturated rings. The molecular weight excluding hydrogens is 302 g/mol. The van der Waals surface area contributed by atoms with Gasteiger partial charge in [0.2, 0.25) is 0 Å². The van der Waals surface area contributed by atoms with Crippen LogP contribution in [0.4, 0.5) is 11.5 Å². The molecule has 88 valence electrons. The lowest BCUT2D eigenvalue weighted by Crippen LogP contribution is -2.04. The third-order valence-electron chi connectivity index (χ3n) is 2.29. The van der Waals surface area contributed by atoms with Crippen molar-refractivity contribution < 1.29 is 0 Å². The van der Waals surface area contributed by atoms with Crippen LogP contribution in [0.2, 0.25) is 5.02 Å². The molecule has 0 aliphatic carbocycles. The number of aromatic nitrogens is 1. The van der Waals surface area contributed by atoms with Gasteiger partial charge in [-0.3, -0.25) is 0 Å². The number of benzene rings is 1. The maximum Gasteiger partial charge on any atom is 0.149 e. The summed E-state index contributed by atoms with van der Waals surface area (Å²) in [5.41, 5.74) is 7.49. The third kappa shape index (κ3) is 3.11. The van der Waals surface area contributed by atoms with Crippen molar-refractivity contribution in [3.8, 4) is 0 Å². The lowest BCUT2D eigenvalue weighted by Gasteiger charge is -2.09. The third-order valence-corrected chi connectivity index (χ3v) is 3.27. The van der Waals surface area contributed by atoms with Gasteiger partial charge in [-0.25, -0.2) is 4.98 Å². The van der Waals surface area contributed by atoms with E-state index >= 15 is 0 Å². The quantitative estimate of drug-likeness (QED) is 0.908. The summed E-state index contributed by atoms with van der Waals surface area (Å²) in [6.45, 7) is 0.653. The topological polar surface area (TPSA) is 50.9 Å². The summed E-state index contributed by atoms with van der Waals surface area (Å²) in [5, 5.41) is 3.71. The summed E-state index contributed by atoms with van der Waals surface area (Å²) in [7, 11) is 0. The normalized spacial score (nSPS) is 10.2. The Hall–Kier alpha value is -1.26. The highest BCUT2D eigenvalue weighted by Gasteiger charge is 2.03.